The second-order valence-electron chi connectivity index (χ2n) is 6.35. The van der Waals surface area contributed by atoms with Crippen LogP contribution in [0.5, 0.6) is 0 Å². The van der Waals surface area contributed by atoms with Gasteiger partial charge in [0, 0.05) is 11.5 Å². The summed E-state index contributed by atoms with van der Waals surface area (Å²) < 4.78 is 18.5. The fourth-order valence-electron chi connectivity index (χ4n) is 3.13. The highest BCUT2D eigenvalue weighted by molar-refractivity contribution is 5.26. The maximum atomic E-state index is 13.2. The Morgan fingerprint density at radius 1 is 1.23 bits per heavy atom. The lowest BCUT2D eigenvalue weighted by Gasteiger charge is -2.30. The molecule has 0 spiro atoms. The molecule has 1 aliphatic carbocycles. The normalized spacial score (nSPS) is 17.3. The molecule has 0 atom stereocenters. The van der Waals surface area contributed by atoms with Crippen LogP contribution in [-0.2, 0) is 12.1 Å². The standard InChI is InChI=1S/C17H22FN3O/c1-12(2)16-20-15(22-21-16)11-19-17(9-3-4-10-17)13-5-7-14(18)8-6-13/h5-8,12,19H,3-4,9-11H2,1-2H3. The van der Waals surface area contributed by atoms with Crippen LogP contribution < -0.4 is 5.32 Å². The minimum Gasteiger partial charge on any atom is -0.338 e. The molecule has 0 bridgehead atoms. The van der Waals surface area contributed by atoms with Crippen LogP contribution in [0.3, 0.4) is 0 Å². The SMILES string of the molecule is CC(C)c1noc(CNC2(c3ccc(F)cc3)CCCC2)n1. The molecule has 0 unspecified atom stereocenters. The third kappa shape index (κ3) is 3.04. The first-order chi connectivity index (χ1) is 10.6. The fourth-order valence-corrected chi connectivity index (χ4v) is 3.13. The minimum atomic E-state index is -0.199. The molecule has 1 aromatic carbocycles. The summed E-state index contributed by atoms with van der Waals surface area (Å²) in [6.07, 6.45) is 4.44. The van der Waals surface area contributed by atoms with E-state index in [0.717, 1.165) is 24.2 Å². The number of aromatic nitrogens is 2. The maximum absolute atomic E-state index is 13.2. The molecule has 5 heteroatoms. The number of benzene rings is 1. The van der Waals surface area contributed by atoms with Crippen LogP contribution in [0.4, 0.5) is 4.39 Å². The minimum absolute atomic E-state index is 0.111. The Hall–Kier alpha value is -1.75. The van der Waals surface area contributed by atoms with E-state index in [-0.39, 0.29) is 17.3 Å². The van der Waals surface area contributed by atoms with Crippen molar-refractivity contribution in [2.45, 2.75) is 57.5 Å². The van der Waals surface area contributed by atoms with Crippen LogP contribution >= 0.6 is 0 Å². The molecule has 1 fully saturated rings. The van der Waals surface area contributed by atoms with E-state index in [0.29, 0.717) is 12.4 Å². The summed E-state index contributed by atoms with van der Waals surface area (Å²) in [5.74, 6) is 1.40. The van der Waals surface area contributed by atoms with Gasteiger partial charge in [-0.2, -0.15) is 4.98 Å². The Bertz CT molecular complexity index is 615. The molecule has 0 aliphatic heterocycles. The molecule has 1 N–H and O–H groups in total. The monoisotopic (exact) mass is 303 g/mol. The Labute approximate surface area is 130 Å². The van der Waals surface area contributed by atoms with Crippen molar-refractivity contribution in [2.24, 2.45) is 0 Å². The zero-order valence-electron chi connectivity index (χ0n) is 13.1. The van der Waals surface area contributed by atoms with Crippen molar-refractivity contribution < 1.29 is 8.91 Å². The summed E-state index contributed by atoms with van der Waals surface area (Å²) in [6, 6.07) is 6.81. The van der Waals surface area contributed by atoms with Crippen molar-refractivity contribution in [1.29, 1.82) is 0 Å². The molecule has 1 aliphatic rings. The van der Waals surface area contributed by atoms with E-state index < -0.39 is 0 Å². The molecule has 1 saturated carbocycles. The number of halogens is 1. The van der Waals surface area contributed by atoms with Gasteiger partial charge in [-0.1, -0.05) is 44.0 Å². The topological polar surface area (TPSA) is 51.0 Å². The highest BCUT2D eigenvalue weighted by atomic mass is 19.1. The van der Waals surface area contributed by atoms with E-state index in [4.69, 9.17) is 4.52 Å². The van der Waals surface area contributed by atoms with Crippen LogP contribution in [0.1, 0.15) is 62.7 Å². The fraction of sp³-hybridized carbons (Fsp3) is 0.529. The zero-order valence-corrected chi connectivity index (χ0v) is 13.1. The van der Waals surface area contributed by atoms with Gasteiger partial charge in [-0.15, -0.1) is 0 Å². The van der Waals surface area contributed by atoms with Crippen molar-refractivity contribution in [3.05, 3.63) is 47.4 Å². The van der Waals surface area contributed by atoms with Gasteiger partial charge in [0.25, 0.3) is 0 Å². The van der Waals surface area contributed by atoms with Crippen molar-refractivity contribution in [3.8, 4) is 0 Å². The van der Waals surface area contributed by atoms with Gasteiger partial charge >= 0.3 is 0 Å². The number of nitrogens with one attached hydrogen (secondary N) is 1. The van der Waals surface area contributed by atoms with Gasteiger partial charge in [0.15, 0.2) is 5.82 Å². The summed E-state index contributed by atoms with van der Waals surface area (Å²) in [7, 11) is 0. The molecule has 1 heterocycles. The van der Waals surface area contributed by atoms with Crippen LogP contribution in [0.2, 0.25) is 0 Å². The first kappa shape index (κ1) is 15.2. The smallest absolute Gasteiger partial charge is 0.240 e. The van der Waals surface area contributed by atoms with E-state index in [1.807, 2.05) is 26.0 Å². The first-order valence-corrected chi connectivity index (χ1v) is 7.93. The molecular weight excluding hydrogens is 281 g/mol. The van der Waals surface area contributed by atoms with Crippen molar-refractivity contribution in [2.75, 3.05) is 0 Å². The molecule has 3 rings (SSSR count). The van der Waals surface area contributed by atoms with Gasteiger partial charge in [0.1, 0.15) is 5.82 Å². The molecular formula is C17H22FN3O. The Balaban J connectivity index is 1.75. The average molecular weight is 303 g/mol. The first-order valence-electron chi connectivity index (χ1n) is 7.93. The summed E-state index contributed by atoms with van der Waals surface area (Å²) in [5, 5.41) is 7.57. The molecule has 1 aromatic heterocycles. The van der Waals surface area contributed by atoms with E-state index in [9.17, 15) is 4.39 Å². The van der Waals surface area contributed by atoms with Gasteiger partial charge in [-0.3, -0.25) is 5.32 Å². The van der Waals surface area contributed by atoms with E-state index in [1.54, 1.807) is 0 Å². The van der Waals surface area contributed by atoms with Crippen LogP contribution in [0, 0.1) is 5.82 Å². The van der Waals surface area contributed by atoms with Crippen molar-refractivity contribution in [1.82, 2.24) is 15.5 Å². The molecule has 118 valence electrons. The largest absolute Gasteiger partial charge is 0.338 e. The molecule has 0 amide bonds. The van der Waals surface area contributed by atoms with Crippen LogP contribution in [0.15, 0.2) is 28.8 Å². The lowest BCUT2D eigenvalue weighted by molar-refractivity contribution is 0.297. The van der Waals surface area contributed by atoms with Crippen LogP contribution in [-0.4, -0.2) is 10.1 Å². The van der Waals surface area contributed by atoms with Gasteiger partial charge < -0.3 is 4.52 Å². The van der Waals surface area contributed by atoms with Gasteiger partial charge in [-0.05, 0) is 30.5 Å². The van der Waals surface area contributed by atoms with Crippen molar-refractivity contribution in [3.63, 3.8) is 0 Å². The quantitative estimate of drug-likeness (QED) is 0.910. The molecule has 2 aromatic rings. The third-order valence-corrected chi connectivity index (χ3v) is 4.43. The number of hydrogen-bond donors (Lipinski definition) is 1. The lowest BCUT2D eigenvalue weighted by atomic mass is 9.88. The average Bonchev–Trinajstić information content (AvgIpc) is 3.16. The zero-order chi connectivity index (χ0) is 15.6. The molecule has 22 heavy (non-hydrogen) atoms. The lowest BCUT2D eigenvalue weighted by Crippen LogP contribution is -2.39. The molecule has 0 saturated heterocycles. The second kappa shape index (κ2) is 6.16. The summed E-state index contributed by atoms with van der Waals surface area (Å²) in [4.78, 5) is 4.41. The molecule has 0 radical (unpaired) electrons. The van der Waals surface area contributed by atoms with Gasteiger partial charge in [-0.25, -0.2) is 4.39 Å². The molecule has 4 nitrogen and oxygen atoms in total. The second-order valence-corrected chi connectivity index (χ2v) is 6.35. The predicted octanol–water partition coefficient (Wildman–Crippen LogP) is 3.89. The Morgan fingerprint density at radius 2 is 1.91 bits per heavy atom. The summed E-state index contributed by atoms with van der Waals surface area (Å²) in [5.41, 5.74) is 1.02. The van der Waals surface area contributed by atoms with Gasteiger partial charge in [0.05, 0.1) is 6.54 Å². The van der Waals surface area contributed by atoms with E-state index in [1.165, 1.54) is 25.0 Å². The van der Waals surface area contributed by atoms with E-state index in [2.05, 4.69) is 15.5 Å². The maximum Gasteiger partial charge on any atom is 0.240 e. The highest BCUT2D eigenvalue weighted by Crippen LogP contribution is 2.39. The Kier molecular flexibility index (Phi) is 4.25. The third-order valence-electron chi connectivity index (χ3n) is 4.43. The number of nitrogens with zero attached hydrogens (tertiary/aromatic N) is 2. The van der Waals surface area contributed by atoms with Crippen molar-refractivity contribution >= 4 is 0 Å². The number of rotatable bonds is 5. The summed E-state index contributed by atoms with van der Waals surface area (Å²) in [6.45, 7) is 4.62. The van der Waals surface area contributed by atoms with Gasteiger partial charge in [0.2, 0.25) is 5.89 Å². The predicted molar refractivity (Wildman–Crippen MR) is 81.8 cm³/mol. The van der Waals surface area contributed by atoms with Crippen LogP contribution in [0.25, 0.3) is 0 Å². The van der Waals surface area contributed by atoms with E-state index >= 15 is 0 Å². The highest BCUT2D eigenvalue weighted by Gasteiger charge is 2.35. The Morgan fingerprint density at radius 3 is 2.50 bits per heavy atom. The summed E-state index contributed by atoms with van der Waals surface area (Å²) >= 11 is 0. The number of hydrogen-bond acceptors (Lipinski definition) is 4.